The summed E-state index contributed by atoms with van der Waals surface area (Å²) in [5.74, 6) is 0. The Balaban J connectivity index is 1.80. The van der Waals surface area contributed by atoms with Gasteiger partial charge in [-0.3, -0.25) is 9.78 Å². The zero-order chi connectivity index (χ0) is 25.5. The lowest BCUT2D eigenvalue weighted by atomic mass is 10.1. The minimum absolute atomic E-state index is 0.0117. The lowest BCUT2D eigenvalue weighted by Crippen LogP contribution is -2.37. The lowest BCUT2D eigenvalue weighted by Gasteiger charge is -2.24. The number of nitrogens with zero attached hydrogens (tertiary/aromatic N) is 2. The van der Waals surface area contributed by atoms with Crippen LogP contribution in [0.2, 0.25) is 5.02 Å². The summed E-state index contributed by atoms with van der Waals surface area (Å²) in [5, 5.41) is 0.391. The Kier molecular flexibility index (Phi) is 6.93. The maximum absolute atomic E-state index is 13.7. The highest BCUT2D eigenvalue weighted by Crippen LogP contribution is 2.42. The van der Waals surface area contributed by atoms with E-state index in [1.54, 1.807) is 6.20 Å². The lowest BCUT2D eigenvalue weighted by molar-refractivity contribution is -0.137. The van der Waals surface area contributed by atoms with Gasteiger partial charge in [0, 0.05) is 17.0 Å². The molecule has 185 valence electrons. The molecule has 4 aromatic rings. The average molecular weight is 542 g/mol. The highest BCUT2D eigenvalue weighted by atomic mass is 35.5. The van der Waals surface area contributed by atoms with Crippen molar-refractivity contribution in [3.63, 3.8) is 0 Å². The first-order chi connectivity index (χ1) is 16.3. The van der Waals surface area contributed by atoms with Gasteiger partial charge in [-0.1, -0.05) is 11.6 Å². The van der Waals surface area contributed by atoms with E-state index in [1.165, 1.54) is 0 Å². The van der Waals surface area contributed by atoms with Crippen LogP contribution >= 0.6 is 23.4 Å². The summed E-state index contributed by atoms with van der Waals surface area (Å²) in [5.41, 5.74) is -2.62. The monoisotopic (exact) mass is 541 g/mol. The van der Waals surface area contributed by atoms with Crippen molar-refractivity contribution in [2.24, 2.45) is 0 Å². The fourth-order valence-corrected chi connectivity index (χ4v) is 8.06. The van der Waals surface area contributed by atoms with Crippen LogP contribution in [-0.4, -0.2) is 45.4 Å². The number of alkyl halides is 3. The number of pyridine rings is 1. The molecule has 0 aliphatic carbocycles. The van der Waals surface area contributed by atoms with Crippen molar-refractivity contribution in [2.75, 3.05) is 11.6 Å². The molecule has 0 amide bonds. The highest BCUT2D eigenvalue weighted by Gasteiger charge is 2.36. The van der Waals surface area contributed by atoms with Gasteiger partial charge in [0.05, 0.1) is 38.2 Å². The van der Waals surface area contributed by atoms with Gasteiger partial charge in [0.25, 0.3) is 5.56 Å². The van der Waals surface area contributed by atoms with E-state index in [0.717, 1.165) is 22.8 Å². The van der Waals surface area contributed by atoms with E-state index in [0.29, 0.717) is 17.7 Å². The van der Waals surface area contributed by atoms with Gasteiger partial charge in [-0.15, -0.1) is 11.8 Å². The summed E-state index contributed by atoms with van der Waals surface area (Å²) < 4.78 is 49.2. The van der Waals surface area contributed by atoms with Crippen LogP contribution in [-0.2, 0) is 10.9 Å². The normalized spacial score (nSPS) is 12.8. The van der Waals surface area contributed by atoms with Gasteiger partial charge in [0.2, 0.25) is 8.96 Å². The largest absolute Gasteiger partial charge is 0.417 e. The number of hydrogen-bond donors (Lipinski definition) is 2. The number of aromatic nitrogens is 4. The molecule has 35 heavy (non-hydrogen) atoms. The molecule has 0 spiro atoms. The standard InChI is InChI=1S/C22H21ClF3N4O3SSi/c1-21(2,3)33-10-35(30-8-6-12-5-4-7-27-18(12)30)11-34-17-15(23)14(22(24,25)26)9-13-16(17)28-20(32)29-19(13)31/h4-9H,10-11H2,1-3H3,(H2,28,29,31,32). The van der Waals surface area contributed by atoms with Crippen molar-refractivity contribution < 1.29 is 17.9 Å². The van der Waals surface area contributed by atoms with Crippen LogP contribution < -0.4 is 11.2 Å². The van der Waals surface area contributed by atoms with E-state index < -0.39 is 42.6 Å². The van der Waals surface area contributed by atoms with Crippen molar-refractivity contribution in [3.8, 4) is 0 Å². The molecule has 1 radical (unpaired) electrons. The van der Waals surface area contributed by atoms with Gasteiger partial charge in [-0.2, -0.15) is 13.2 Å². The molecule has 0 unspecified atom stereocenters. The zero-order valence-corrected chi connectivity index (χ0v) is 21.5. The molecular formula is C22H21ClF3N4O3SSi. The fraction of sp³-hybridized carbons (Fsp3) is 0.318. The number of aromatic amines is 2. The predicted molar refractivity (Wildman–Crippen MR) is 133 cm³/mol. The fourth-order valence-electron chi connectivity index (χ4n) is 3.45. The molecule has 7 nitrogen and oxygen atoms in total. The van der Waals surface area contributed by atoms with Gasteiger partial charge in [-0.05, 0) is 51.2 Å². The highest BCUT2D eigenvalue weighted by molar-refractivity contribution is 8.01. The Labute approximate surface area is 208 Å². The van der Waals surface area contributed by atoms with E-state index in [9.17, 15) is 22.8 Å². The summed E-state index contributed by atoms with van der Waals surface area (Å²) in [6.45, 7) is 5.75. The smallest absolute Gasteiger partial charge is 0.377 e. The molecule has 0 aliphatic heterocycles. The van der Waals surface area contributed by atoms with E-state index in [4.69, 9.17) is 16.3 Å². The third-order valence-corrected chi connectivity index (χ3v) is 9.71. The van der Waals surface area contributed by atoms with Crippen molar-refractivity contribution in [2.45, 2.75) is 37.4 Å². The molecule has 1 aromatic carbocycles. The van der Waals surface area contributed by atoms with Gasteiger partial charge < -0.3 is 14.0 Å². The Hall–Kier alpha value is -2.54. The van der Waals surface area contributed by atoms with E-state index in [2.05, 4.69) is 9.97 Å². The van der Waals surface area contributed by atoms with E-state index in [-0.39, 0.29) is 15.8 Å². The Morgan fingerprint density at radius 1 is 1.20 bits per heavy atom. The summed E-state index contributed by atoms with van der Waals surface area (Å²) in [6.07, 6.45) is -0.888. The summed E-state index contributed by atoms with van der Waals surface area (Å²) in [4.78, 5) is 33.1. The molecule has 13 heteroatoms. The topological polar surface area (TPSA) is 92.8 Å². The SMILES string of the molecule is CC(C)(C)OC[Si](CSc1c(Cl)c(C(F)(F)F)cc2c(=O)[nH]c(=O)[nH]c12)n1ccc2cccnc21. The Morgan fingerprint density at radius 2 is 1.94 bits per heavy atom. The zero-order valence-electron chi connectivity index (χ0n) is 18.9. The minimum atomic E-state index is -4.78. The van der Waals surface area contributed by atoms with Gasteiger partial charge >= 0.3 is 11.9 Å². The minimum Gasteiger partial charge on any atom is -0.377 e. The quantitative estimate of drug-likeness (QED) is 0.271. The summed E-state index contributed by atoms with van der Waals surface area (Å²) in [7, 11) is -1.61. The molecule has 0 saturated carbocycles. The van der Waals surface area contributed by atoms with Gasteiger partial charge in [0.15, 0.2) is 0 Å². The summed E-state index contributed by atoms with van der Waals surface area (Å²) >= 11 is 7.27. The number of fused-ring (bicyclic) bond motifs is 2. The van der Waals surface area contributed by atoms with Crippen LogP contribution in [0.5, 0.6) is 0 Å². The Bertz CT molecular complexity index is 1510. The molecule has 0 bridgehead atoms. The first-order valence-corrected chi connectivity index (χ1v) is 13.7. The number of H-pyrrole nitrogens is 2. The number of thioether (sulfide) groups is 1. The average Bonchev–Trinajstić information content (AvgIpc) is 3.17. The van der Waals surface area contributed by atoms with Crippen LogP contribution in [0.4, 0.5) is 13.2 Å². The molecule has 4 rings (SSSR count). The third kappa shape index (κ3) is 5.50. The Morgan fingerprint density at radius 3 is 2.63 bits per heavy atom. The molecule has 0 atom stereocenters. The van der Waals surface area contributed by atoms with Gasteiger partial charge in [-0.25, -0.2) is 9.78 Å². The molecule has 3 aromatic heterocycles. The number of ether oxygens (including phenoxy) is 1. The number of rotatable bonds is 6. The second-order valence-corrected chi connectivity index (χ2v) is 12.9. The maximum Gasteiger partial charge on any atom is 0.417 e. The molecule has 0 fully saturated rings. The predicted octanol–water partition coefficient (Wildman–Crippen LogP) is 4.76. The summed E-state index contributed by atoms with van der Waals surface area (Å²) in [6, 6.07) is 6.32. The number of hydrogen-bond acceptors (Lipinski definition) is 5. The molecule has 0 saturated heterocycles. The van der Waals surface area contributed by atoms with E-state index in [1.807, 2.05) is 54.4 Å². The van der Waals surface area contributed by atoms with Crippen molar-refractivity contribution in [1.82, 2.24) is 19.2 Å². The van der Waals surface area contributed by atoms with Crippen LogP contribution in [0, 0.1) is 0 Å². The van der Waals surface area contributed by atoms with Crippen LogP contribution in [0.25, 0.3) is 21.9 Å². The molecule has 0 aliphatic rings. The van der Waals surface area contributed by atoms with Crippen LogP contribution in [0.15, 0.2) is 51.1 Å². The number of halogens is 4. The second-order valence-electron chi connectivity index (χ2n) is 8.75. The number of benzene rings is 1. The molecular weight excluding hydrogens is 521 g/mol. The first-order valence-electron chi connectivity index (χ1n) is 10.4. The third-order valence-electron chi connectivity index (χ3n) is 5.08. The van der Waals surface area contributed by atoms with Crippen LogP contribution in [0.3, 0.4) is 0 Å². The van der Waals surface area contributed by atoms with Crippen molar-refractivity contribution >= 4 is 54.3 Å². The first kappa shape index (κ1) is 25.5. The molecule has 2 N–H and O–H groups in total. The molecule has 3 heterocycles. The van der Waals surface area contributed by atoms with Gasteiger partial charge in [0.1, 0.15) is 5.65 Å². The maximum atomic E-state index is 13.7. The van der Waals surface area contributed by atoms with Crippen LogP contribution in [0.1, 0.15) is 26.3 Å². The number of nitrogens with one attached hydrogen (secondary N) is 2. The van der Waals surface area contributed by atoms with Crippen molar-refractivity contribution in [3.05, 3.63) is 68.1 Å². The second kappa shape index (κ2) is 9.49. The van der Waals surface area contributed by atoms with E-state index >= 15 is 0 Å². The van der Waals surface area contributed by atoms with Crippen molar-refractivity contribution in [1.29, 1.82) is 0 Å².